The Kier molecular flexibility index (Phi) is 4.25. The second kappa shape index (κ2) is 5.97. The van der Waals surface area contributed by atoms with Gasteiger partial charge >= 0.3 is 0 Å². The minimum absolute atomic E-state index is 0.0470. The van der Waals surface area contributed by atoms with Crippen LogP contribution in [0.3, 0.4) is 0 Å². The quantitative estimate of drug-likeness (QED) is 0.921. The van der Waals surface area contributed by atoms with Gasteiger partial charge in [-0.15, -0.1) is 0 Å². The summed E-state index contributed by atoms with van der Waals surface area (Å²) >= 11 is 0. The van der Waals surface area contributed by atoms with Crippen molar-refractivity contribution in [3.05, 3.63) is 47.5 Å². The molecule has 1 aliphatic carbocycles. The van der Waals surface area contributed by atoms with Gasteiger partial charge < -0.3 is 0 Å². The molecule has 130 valence electrons. The normalized spacial score (nSPS) is 19.9. The van der Waals surface area contributed by atoms with E-state index in [9.17, 15) is 12.8 Å². The molecule has 7 heteroatoms. The number of hydrogen-bond donors (Lipinski definition) is 1. The van der Waals surface area contributed by atoms with E-state index < -0.39 is 10.0 Å². The van der Waals surface area contributed by atoms with E-state index in [1.165, 1.54) is 12.1 Å². The molecule has 1 aromatic carbocycles. The van der Waals surface area contributed by atoms with Crippen LogP contribution in [0.4, 0.5) is 4.39 Å². The number of rotatable bonds is 4. The zero-order chi connectivity index (χ0) is 17.5. The van der Waals surface area contributed by atoms with Crippen LogP contribution in [0.1, 0.15) is 44.5 Å². The van der Waals surface area contributed by atoms with Gasteiger partial charge in [-0.25, -0.2) is 22.2 Å². The van der Waals surface area contributed by atoms with Gasteiger partial charge in [-0.2, -0.15) is 5.10 Å². The van der Waals surface area contributed by atoms with Gasteiger partial charge in [0.25, 0.3) is 0 Å². The van der Waals surface area contributed by atoms with E-state index in [4.69, 9.17) is 0 Å². The molecule has 24 heavy (non-hydrogen) atoms. The summed E-state index contributed by atoms with van der Waals surface area (Å²) in [5, 5.41) is 4.43. The fraction of sp³-hybridized carbons (Fsp3) is 0.471. The van der Waals surface area contributed by atoms with Crippen molar-refractivity contribution in [2.75, 3.05) is 5.75 Å². The maximum Gasteiger partial charge on any atom is 0.211 e. The van der Waals surface area contributed by atoms with Gasteiger partial charge in [0.15, 0.2) is 0 Å². The number of nitrogens with one attached hydrogen (secondary N) is 1. The van der Waals surface area contributed by atoms with Crippen LogP contribution in [-0.4, -0.2) is 24.0 Å². The van der Waals surface area contributed by atoms with E-state index in [0.717, 1.165) is 23.4 Å². The highest BCUT2D eigenvalue weighted by Crippen LogP contribution is 2.41. The number of halogens is 1. The minimum atomic E-state index is -3.31. The van der Waals surface area contributed by atoms with Gasteiger partial charge in [0.2, 0.25) is 10.0 Å². The first-order valence-electron chi connectivity index (χ1n) is 8.03. The lowest BCUT2D eigenvalue weighted by Gasteiger charge is -2.35. The number of aromatic nitrogens is 2. The second-order valence-corrected chi connectivity index (χ2v) is 9.10. The lowest BCUT2D eigenvalue weighted by Crippen LogP contribution is -2.37. The van der Waals surface area contributed by atoms with Crippen LogP contribution in [0.2, 0.25) is 0 Å². The molecule has 0 saturated carbocycles. The summed E-state index contributed by atoms with van der Waals surface area (Å²) < 4.78 is 41.8. The number of sulfonamides is 1. The van der Waals surface area contributed by atoms with E-state index in [0.29, 0.717) is 6.42 Å². The van der Waals surface area contributed by atoms with Crippen molar-refractivity contribution in [1.82, 2.24) is 14.5 Å². The van der Waals surface area contributed by atoms with Crippen molar-refractivity contribution in [3.63, 3.8) is 0 Å². The Bertz CT molecular complexity index is 841. The molecule has 0 radical (unpaired) electrons. The molecule has 5 nitrogen and oxygen atoms in total. The SMILES string of the molecule is CCS(=O)(=O)N[C@H]1CC(C)(C)Cc2c1cnn2-c1ccc(F)cc1. The standard InChI is InChI=1S/C17H22FN3O2S/c1-4-24(22,23)20-15-9-17(2,3)10-16-14(15)11-19-21(16)13-7-5-12(18)6-8-13/h5-8,11,15,20H,4,9-10H2,1-3H3/t15-/m0/s1. The van der Waals surface area contributed by atoms with Gasteiger partial charge in [0.05, 0.1) is 23.7 Å². The Labute approximate surface area is 141 Å². The van der Waals surface area contributed by atoms with Crippen molar-refractivity contribution >= 4 is 10.0 Å². The number of hydrogen-bond acceptors (Lipinski definition) is 3. The second-order valence-electron chi connectivity index (χ2n) is 7.05. The molecule has 0 fully saturated rings. The molecular weight excluding hydrogens is 329 g/mol. The molecule has 1 atom stereocenters. The lowest BCUT2D eigenvalue weighted by molar-refractivity contribution is 0.269. The van der Waals surface area contributed by atoms with Crippen LogP contribution in [-0.2, 0) is 16.4 Å². The van der Waals surface area contributed by atoms with Crippen LogP contribution in [0, 0.1) is 11.2 Å². The van der Waals surface area contributed by atoms with Crippen LogP contribution >= 0.6 is 0 Å². The molecule has 0 spiro atoms. The third-order valence-corrected chi connectivity index (χ3v) is 5.86. The van der Waals surface area contributed by atoms with E-state index in [-0.39, 0.29) is 23.0 Å². The molecule has 0 bridgehead atoms. The Morgan fingerprint density at radius 1 is 1.33 bits per heavy atom. The Morgan fingerprint density at radius 2 is 2.00 bits per heavy atom. The molecule has 0 unspecified atom stereocenters. The Hall–Kier alpha value is -1.73. The average molecular weight is 351 g/mol. The van der Waals surface area contributed by atoms with Gasteiger partial charge in [0, 0.05) is 11.3 Å². The van der Waals surface area contributed by atoms with Crippen LogP contribution in [0.15, 0.2) is 30.5 Å². The predicted octanol–water partition coefficient (Wildman–Crippen LogP) is 2.96. The summed E-state index contributed by atoms with van der Waals surface area (Å²) in [5.74, 6) is -0.251. The van der Waals surface area contributed by atoms with Crippen LogP contribution in [0.25, 0.3) is 5.69 Å². The van der Waals surface area contributed by atoms with Crippen LogP contribution in [0.5, 0.6) is 0 Å². The summed E-state index contributed by atoms with van der Waals surface area (Å²) in [6.45, 7) is 5.86. The smallest absolute Gasteiger partial charge is 0.211 e. The summed E-state index contributed by atoms with van der Waals surface area (Å²) in [5.41, 5.74) is 2.58. The molecule has 0 aliphatic heterocycles. The summed E-state index contributed by atoms with van der Waals surface area (Å²) in [6.07, 6.45) is 3.22. The van der Waals surface area contributed by atoms with Gasteiger partial charge in [-0.05, 0) is 49.4 Å². The largest absolute Gasteiger partial charge is 0.237 e. The molecule has 3 rings (SSSR count). The zero-order valence-electron chi connectivity index (χ0n) is 14.1. The first-order valence-corrected chi connectivity index (χ1v) is 9.69. The number of fused-ring (bicyclic) bond motifs is 1. The Morgan fingerprint density at radius 3 is 2.62 bits per heavy atom. The first kappa shape index (κ1) is 17.1. The monoisotopic (exact) mass is 351 g/mol. The van der Waals surface area contributed by atoms with Gasteiger partial charge in [-0.3, -0.25) is 0 Å². The first-order chi connectivity index (χ1) is 11.2. The lowest BCUT2D eigenvalue weighted by atomic mass is 9.74. The van der Waals surface area contributed by atoms with E-state index >= 15 is 0 Å². The van der Waals surface area contributed by atoms with Gasteiger partial charge in [-0.1, -0.05) is 13.8 Å². The van der Waals surface area contributed by atoms with E-state index in [1.54, 1.807) is 29.9 Å². The molecule has 0 saturated heterocycles. The highest BCUT2D eigenvalue weighted by atomic mass is 32.2. The zero-order valence-corrected chi connectivity index (χ0v) is 14.9. The van der Waals surface area contributed by atoms with E-state index in [1.807, 2.05) is 0 Å². The van der Waals surface area contributed by atoms with Crippen molar-refractivity contribution in [2.45, 2.75) is 39.7 Å². The predicted molar refractivity (Wildman–Crippen MR) is 91.0 cm³/mol. The third kappa shape index (κ3) is 3.37. The average Bonchev–Trinajstić information content (AvgIpc) is 2.90. The molecule has 0 amide bonds. The highest BCUT2D eigenvalue weighted by molar-refractivity contribution is 7.89. The van der Waals surface area contributed by atoms with Crippen molar-refractivity contribution in [1.29, 1.82) is 0 Å². The molecule has 2 aromatic rings. The molecule has 1 aromatic heterocycles. The maximum atomic E-state index is 13.2. The van der Waals surface area contributed by atoms with Crippen molar-refractivity contribution in [2.24, 2.45) is 5.41 Å². The number of benzene rings is 1. The molecule has 1 heterocycles. The molecular formula is C17H22FN3O2S. The summed E-state index contributed by atoms with van der Waals surface area (Å²) in [7, 11) is -3.31. The van der Waals surface area contributed by atoms with Crippen molar-refractivity contribution < 1.29 is 12.8 Å². The van der Waals surface area contributed by atoms with Crippen molar-refractivity contribution in [3.8, 4) is 5.69 Å². The van der Waals surface area contributed by atoms with Gasteiger partial charge in [0.1, 0.15) is 5.82 Å². The fourth-order valence-electron chi connectivity index (χ4n) is 3.25. The molecule has 1 N–H and O–H groups in total. The number of nitrogens with zero attached hydrogens (tertiary/aromatic N) is 2. The fourth-order valence-corrected chi connectivity index (χ4v) is 4.06. The topological polar surface area (TPSA) is 64.0 Å². The van der Waals surface area contributed by atoms with E-state index in [2.05, 4.69) is 23.7 Å². The summed E-state index contributed by atoms with van der Waals surface area (Å²) in [4.78, 5) is 0. The van der Waals surface area contributed by atoms with Crippen LogP contribution < -0.4 is 4.72 Å². The Balaban J connectivity index is 2.04. The third-order valence-electron chi connectivity index (χ3n) is 4.45. The summed E-state index contributed by atoms with van der Waals surface area (Å²) in [6, 6.07) is 5.86. The molecule has 1 aliphatic rings. The maximum absolute atomic E-state index is 13.2. The minimum Gasteiger partial charge on any atom is -0.237 e. The highest BCUT2D eigenvalue weighted by Gasteiger charge is 2.36.